The van der Waals surface area contributed by atoms with Crippen LogP contribution >= 0.6 is 0 Å². The Morgan fingerprint density at radius 3 is 2.09 bits per heavy atom. The number of ketones is 1. The third-order valence-electron chi connectivity index (χ3n) is 7.07. The minimum atomic E-state index is -0.564. The monoisotopic (exact) mass is 602 g/mol. The van der Waals surface area contributed by atoms with E-state index in [1.165, 1.54) is 18.6 Å². The van der Waals surface area contributed by atoms with Gasteiger partial charge < -0.3 is 25.6 Å². The number of carbonyl (C=O) groups is 3. The molecule has 0 spiro atoms. The van der Waals surface area contributed by atoms with Crippen LogP contribution in [-0.2, 0) is 27.2 Å². The molecule has 2 aromatic carbocycles. The molecule has 0 heterocycles. The summed E-state index contributed by atoms with van der Waals surface area (Å²) in [5.74, 6) is -0.448. The van der Waals surface area contributed by atoms with Crippen molar-refractivity contribution in [1.82, 2.24) is 10.6 Å². The summed E-state index contributed by atoms with van der Waals surface area (Å²) in [6.45, 7) is 20.3. The first kappa shape index (κ1) is 34.4. The molecule has 0 aliphatic heterocycles. The van der Waals surface area contributed by atoms with Gasteiger partial charge in [0.2, 0.25) is 11.7 Å². The van der Waals surface area contributed by atoms with Crippen molar-refractivity contribution in [2.75, 3.05) is 29.9 Å². The van der Waals surface area contributed by atoms with Gasteiger partial charge in [-0.1, -0.05) is 53.7 Å². The van der Waals surface area contributed by atoms with Gasteiger partial charge in [0.1, 0.15) is 5.75 Å². The minimum absolute atomic E-state index is 0.0361. The zero-order valence-corrected chi connectivity index (χ0v) is 27.9. The molecule has 1 aliphatic carbocycles. The van der Waals surface area contributed by atoms with Crippen molar-refractivity contribution in [3.63, 3.8) is 0 Å². The van der Waals surface area contributed by atoms with Gasteiger partial charge in [-0.05, 0) is 85.1 Å². The van der Waals surface area contributed by atoms with Crippen molar-refractivity contribution in [3.05, 3.63) is 77.1 Å². The molecule has 1 aliphatic rings. The van der Waals surface area contributed by atoms with Crippen molar-refractivity contribution < 1.29 is 19.1 Å². The highest BCUT2D eigenvalue weighted by Crippen LogP contribution is 2.31. The summed E-state index contributed by atoms with van der Waals surface area (Å²) in [5, 5.41) is 8.84. The van der Waals surface area contributed by atoms with E-state index in [1.54, 1.807) is 6.08 Å². The molecular formula is C36H50N4O4. The van der Waals surface area contributed by atoms with Crippen molar-refractivity contribution >= 4 is 29.0 Å². The Bertz CT molecular complexity index is 1390. The van der Waals surface area contributed by atoms with Gasteiger partial charge in [0.15, 0.2) is 6.61 Å². The molecule has 0 unspecified atom stereocenters. The number of allylic oxidation sites excluding steroid dienone is 1. The molecular weight excluding hydrogens is 552 g/mol. The van der Waals surface area contributed by atoms with Crippen LogP contribution in [0.1, 0.15) is 73.4 Å². The van der Waals surface area contributed by atoms with Gasteiger partial charge in [0.05, 0.1) is 11.7 Å². The Hall–Kier alpha value is -4.07. The number of carbonyl (C=O) groups excluding carboxylic acids is 3. The number of rotatable bonds is 12. The molecule has 1 atom stereocenters. The van der Waals surface area contributed by atoms with Crippen LogP contribution in [0.4, 0.5) is 11.4 Å². The number of benzene rings is 2. The molecule has 3 rings (SSSR count). The van der Waals surface area contributed by atoms with Gasteiger partial charge in [0, 0.05) is 43.2 Å². The first-order valence-electron chi connectivity index (χ1n) is 15.5. The lowest BCUT2D eigenvalue weighted by molar-refractivity contribution is -0.122. The smallest absolute Gasteiger partial charge is 0.262 e. The van der Waals surface area contributed by atoms with E-state index in [0.29, 0.717) is 11.4 Å². The van der Waals surface area contributed by atoms with Crippen molar-refractivity contribution in [2.45, 2.75) is 81.2 Å². The van der Waals surface area contributed by atoms with Crippen molar-refractivity contribution in [2.24, 2.45) is 10.8 Å². The van der Waals surface area contributed by atoms with Crippen LogP contribution < -0.4 is 25.6 Å². The van der Waals surface area contributed by atoms with E-state index >= 15 is 0 Å². The fraction of sp³-hybridized carbons (Fsp3) is 0.472. The molecule has 238 valence electrons. The molecule has 0 aromatic heterocycles. The second-order valence-electron chi connectivity index (χ2n) is 13.8. The number of anilines is 2. The Morgan fingerprint density at radius 2 is 1.52 bits per heavy atom. The second-order valence-corrected chi connectivity index (χ2v) is 13.8. The Labute approximate surface area is 263 Å². The van der Waals surface area contributed by atoms with Crippen molar-refractivity contribution in [1.29, 1.82) is 0 Å². The largest absolute Gasteiger partial charge is 0.483 e. The highest BCUT2D eigenvalue weighted by molar-refractivity contribution is 6.08. The van der Waals surface area contributed by atoms with E-state index < -0.39 is 11.8 Å². The van der Waals surface area contributed by atoms with Gasteiger partial charge in [0.25, 0.3) is 5.91 Å². The summed E-state index contributed by atoms with van der Waals surface area (Å²) in [7, 11) is 0. The average molecular weight is 603 g/mol. The molecule has 44 heavy (non-hydrogen) atoms. The van der Waals surface area contributed by atoms with E-state index in [1.807, 2.05) is 30.3 Å². The highest BCUT2D eigenvalue weighted by Gasteiger charge is 2.25. The van der Waals surface area contributed by atoms with E-state index in [-0.39, 0.29) is 34.9 Å². The Kier molecular flexibility index (Phi) is 11.4. The molecule has 0 bridgehead atoms. The van der Waals surface area contributed by atoms with E-state index in [4.69, 9.17) is 4.74 Å². The van der Waals surface area contributed by atoms with E-state index in [9.17, 15) is 14.4 Å². The lowest BCUT2D eigenvalue weighted by Crippen LogP contribution is -2.40. The van der Waals surface area contributed by atoms with Gasteiger partial charge in [-0.2, -0.15) is 0 Å². The zero-order valence-electron chi connectivity index (χ0n) is 27.9. The third kappa shape index (κ3) is 10.6. The number of nitrogens with one attached hydrogen (secondary N) is 3. The van der Waals surface area contributed by atoms with E-state index in [0.717, 1.165) is 42.9 Å². The number of ether oxygens (including phenoxy) is 1. The number of amides is 2. The van der Waals surface area contributed by atoms with Crippen LogP contribution in [0.15, 0.2) is 66.0 Å². The molecule has 2 amide bonds. The summed E-state index contributed by atoms with van der Waals surface area (Å²) < 4.78 is 6.06. The number of hydrogen-bond donors (Lipinski definition) is 3. The average Bonchev–Trinajstić information content (AvgIpc) is 2.90. The summed E-state index contributed by atoms with van der Waals surface area (Å²) >= 11 is 0. The topological polar surface area (TPSA) is 99.8 Å². The lowest BCUT2D eigenvalue weighted by Gasteiger charge is -2.26. The first-order chi connectivity index (χ1) is 20.6. The van der Waals surface area contributed by atoms with Crippen LogP contribution in [0.3, 0.4) is 0 Å². The standard InChI is InChI=1S/C36H50N4O4/c1-10-40(11-2)28-15-13-27(14-16-28)38-29-19-31(37-24(3)41)32(42)20-30(29)39-34(43)23-44-33-17-12-25(21-35(4,5)6)18-26(33)22-36(7,8)9/h12-20,29,38H,10-11,21-23H2,1-9H3,(H,37,41)(H,39,43)/t29-/m1/s1. The Balaban J connectivity index is 1.78. The second kappa shape index (κ2) is 14.6. The fourth-order valence-corrected chi connectivity index (χ4v) is 5.26. The summed E-state index contributed by atoms with van der Waals surface area (Å²) in [6.07, 6.45) is 4.70. The highest BCUT2D eigenvalue weighted by atomic mass is 16.5. The normalized spacial score (nSPS) is 15.2. The lowest BCUT2D eigenvalue weighted by atomic mass is 9.84. The summed E-state index contributed by atoms with van der Waals surface area (Å²) in [6, 6.07) is 13.6. The van der Waals surface area contributed by atoms with Gasteiger partial charge >= 0.3 is 0 Å². The molecule has 0 saturated heterocycles. The van der Waals surface area contributed by atoms with Gasteiger partial charge in [-0.15, -0.1) is 0 Å². The van der Waals surface area contributed by atoms with Gasteiger partial charge in [-0.3, -0.25) is 14.4 Å². The van der Waals surface area contributed by atoms with Crippen LogP contribution in [-0.4, -0.2) is 43.3 Å². The van der Waals surface area contributed by atoms with Crippen molar-refractivity contribution in [3.8, 4) is 5.75 Å². The Morgan fingerprint density at radius 1 is 0.886 bits per heavy atom. The minimum Gasteiger partial charge on any atom is -0.483 e. The fourth-order valence-electron chi connectivity index (χ4n) is 5.26. The predicted octanol–water partition coefficient (Wildman–Crippen LogP) is 6.17. The van der Waals surface area contributed by atoms with Crippen LogP contribution in [0.2, 0.25) is 0 Å². The molecule has 3 N–H and O–H groups in total. The maximum absolute atomic E-state index is 13.2. The third-order valence-corrected chi connectivity index (χ3v) is 7.07. The predicted molar refractivity (Wildman–Crippen MR) is 179 cm³/mol. The molecule has 0 fully saturated rings. The molecule has 0 saturated carbocycles. The quantitative estimate of drug-likeness (QED) is 0.269. The first-order valence-corrected chi connectivity index (χ1v) is 15.5. The maximum Gasteiger partial charge on any atom is 0.262 e. The number of hydrogen-bond acceptors (Lipinski definition) is 6. The zero-order chi connectivity index (χ0) is 32.7. The summed E-state index contributed by atoms with van der Waals surface area (Å²) in [5.41, 5.74) is 4.93. The van der Waals surface area contributed by atoms with Gasteiger partial charge in [-0.25, -0.2) is 0 Å². The van der Waals surface area contributed by atoms with Crippen LogP contribution in [0.5, 0.6) is 5.75 Å². The molecule has 2 aromatic rings. The number of nitrogens with zero attached hydrogens (tertiary/aromatic N) is 1. The van der Waals surface area contributed by atoms with Crippen LogP contribution in [0, 0.1) is 10.8 Å². The SMILES string of the molecule is CCN(CC)c1ccc(N[C@@H]2C=C(NC(C)=O)C(=O)C=C2NC(=O)COc2ccc(CC(C)(C)C)cc2CC(C)(C)C)cc1. The molecule has 0 radical (unpaired) electrons. The molecule has 8 heteroatoms. The maximum atomic E-state index is 13.2. The molecule has 8 nitrogen and oxygen atoms in total. The van der Waals surface area contributed by atoms with Crippen LogP contribution in [0.25, 0.3) is 0 Å². The summed E-state index contributed by atoms with van der Waals surface area (Å²) in [4.78, 5) is 40.0. The van der Waals surface area contributed by atoms with E-state index in [2.05, 4.69) is 88.4 Å².